The molecule has 116 valence electrons. The molecule has 0 unspecified atom stereocenters. The molecule has 3 atom stereocenters. The van der Waals surface area contributed by atoms with Crippen LogP contribution in [0.2, 0.25) is 0 Å². The van der Waals surface area contributed by atoms with Crippen molar-refractivity contribution in [2.45, 2.75) is 19.3 Å². The third-order valence-electron chi connectivity index (χ3n) is 3.77. The van der Waals surface area contributed by atoms with Crippen molar-refractivity contribution in [1.82, 2.24) is 10.2 Å². The highest BCUT2D eigenvalue weighted by Crippen LogP contribution is 2.27. The summed E-state index contributed by atoms with van der Waals surface area (Å²) < 4.78 is 11.3. The zero-order valence-corrected chi connectivity index (χ0v) is 12.3. The number of urea groups is 1. The number of nitrogens with one attached hydrogen (secondary N) is 1. The molecule has 0 radical (unpaired) electrons. The lowest BCUT2D eigenvalue weighted by atomic mass is 10.1. The molecular formula is C16H18N2O4. The monoisotopic (exact) mass is 302 g/mol. The molecule has 0 spiro atoms. The van der Waals surface area contributed by atoms with Crippen molar-refractivity contribution in [2.24, 2.45) is 5.92 Å². The number of carbonyl (C=O) groups excluding carboxylic acids is 2. The molecule has 1 aromatic rings. The third-order valence-corrected chi connectivity index (χ3v) is 3.77. The van der Waals surface area contributed by atoms with Crippen molar-refractivity contribution in [3.05, 3.63) is 48.2 Å². The van der Waals surface area contributed by atoms with E-state index in [4.69, 9.17) is 9.47 Å². The van der Waals surface area contributed by atoms with Crippen LogP contribution in [0.4, 0.5) is 4.79 Å². The molecule has 0 saturated carbocycles. The number of hydrogen-bond donors (Lipinski definition) is 1. The first-order valence-electron chi connectivity index (χ1n) is 7.27. The van der Waals surface area contributed by atoms with Gasteiger partial charge in [0.1, 0.15) is 0 Å². The second kappa shape index (κ2) is 6.19. The van der Waals surface area contributed by atoms with Crippen molar-refractivity contribution in [3.8, 4) is 0 Å². The Hall–Kier alpha value is -2.34. The maximum Gasteiger partial charge on any atom is 0.338 e. The number of hydrogen-bond acceptors (Lipinski definition) is 4. The van der Waals surface area contributed by atoms with Crippen molar-refractivity contribution in [3.63, 3.8) is 0 Å². The van der Waals surface area contributed by atoms with E-state index in [1.807, 2.05) is 19.1 Å². The summed E-state index contributed by atoms with van der Waals surface area (Å²) in [5.74, 6) is -0.393. The van der Waals surface area contributed by atoms with Gasteiger partial charge in [0.15, 0.2) is 12.3 Å². The maximum absolute atomic E-state index is 12.2. The van der Waals surface area contributed by atoms with Gasteiger partial charge < -0.3 is 14.8 Å². The van der Waals surface area contributed by atoms with E-state index in [2.05, 4.69) is 5.32 Å². The third kappa shape index (κ3) is 2.82. The molecule has 1 fully saturated rings. The van der Waals surface area contributed by atoms with Crippen LogP contribution in [0.15, 0.2) is 42.6 Å². The standard InChI is InChI=1S/C16H18N2O4/c1-11-10-21-14(18-9-5-8-17-16(18)20)13(11)22-15(19)12-6-3-2-4-7-12/h2-7,9,11,13-14H,8,10H2,1H3,(H,17,20)/t11-,13+,14+/m0/s1. The fourth-order valence-corrected chi connectivity index (χ4v) is 2.57. The summed E-state index contributed by atoms with van der Waals surface area (Å²) in [6, 6.07) is 8.55. The van der Waals surface area contributed by atoms with Crippen LogP contribution in [0.5, 0.6) is 0 Å². The molecule has 2 amide bonds. The smallest absolute Gasteiger partial charge is 0.338 e. The summed E-state index contributed by atoms with van der Waals surface area (Å²) in [6.45, 7) is 2.87. The predicted octanol–water partition coefficient (Wildman–Crippen LogP) is 1.74. The minimum Gasteiger partial charge on any atom is -0.454 e. The van der Waals surface area contributed by atoms with Crippen LogP contribution in [0.1, 0.15) is 17.3 Å². The van der Waals surface area contributed by atoms with Gasteiger partial charge in [0.2, 0.25) is 0 Å². The number of amides is 2. The van der Waals surface area contributed by atoms with E-state index < -0.39 is 18.3 Å². The molecule has 3 rings (SSSR count). The highest BCUT2D eigenvalue weighted by molar-refractivity contribution is 5.89. The number of nitrogens with zero attached hydrogens (tertiary/aromatic N) is 1. The molecule has 2 aliphatic heterocycles. The van der Waals surface area contributed by atoms with Crippen LogP contribution < -0.4 is 5.32 Å². The molecular weight excluding hydrogens is 284 g/mol. The molecule has 1 aromatic carbocycles. The fraction of sp³-hybridized carbons (Fsp3) is 0.375. The van der Waals surface area contributed by atoms with Crippen LogP contribution in [-0.2, 0) is 9.47 Å². The number of ether oxygens (including phenoxy) is 2. The SMILES string of the molecule is C[C@H]1CO[C@@H](N2C=CCNC2=O)[C@@H]1OC(=O)c1ccccc1. The van der Waals surface area contributed by atoms with Crippen LogP contribution in [0.25, 0.3) is 0 Å². The van der Waals surface area contributed by atoms with Crippen molar-refractivity contribution >= 4 is 12.0 Å². The summed E-state index contributed by atoms with van der Waals surface area (Å²) in [5, 5.41) is 2.71. The van der Waals surface area contributed by atoms with Gasteiger partial charge in [0.05, 0.1) is 12.2 Å². The zero-order chi connectivity index (χ0) is 15.5. The van der Waals surface area contributed by atoms with Gasteiger partial charge in [-0.1, -0.05) is 25.1 Å². The average Bonchev–Trinajstić information content (AvgIpc) is 2.90. The normalized spacial score (nSPS) is 27.6. The minimum atomic E-state index is -0.598. The Morgan fingerprint density at radius 2 is 2.14 bits per heavy atom. The van der Waals surface area contributed by atoms with Crippen molar-refractivity contribution in [2.75, 3.05) is 13.2 Å². The van der Waals surface area contributed by atoms with E-state index in [9.17, 15) is 9.59 Å². The molecule has 1 saturated heterocycles. The number of benzene rings is 1. The first-order chi connectivity index (χ1) is 10.7. The molecule has 2 heterocycles. The van der Waals surface area contributed by atoms with Crippen LogP contribution in [0, 0.1) is 5.92 Å². The Morgan fingerprint density at radius 1 is 1.36 bits per heavy atom. The number of carbonyl (C=O) groups is 2. The Balaban J connectivity index is 1.75. The summed E-state index contributed by atoms with van der Waals surface area (Å²) in [4.78, 5) is 25.6. The van der Waals surface area contributed by atoms with Gasteiger partial charge in [0, 0.05) is 18.7 Å². The van der Waals surface area contributed by atoms with Gasteiger partial charge in [-0.2, -0.15) is 0 Å². The highest BCUT2D eigenvalue weighted by atomic mass is 16.6. The van der Waals surface area contributed by atoms with Gasteiger partial charge in [-0.3, -0.25) is 4.90 Å². The predicted molar refractivity (Wildman–Crippen MR) is 78.9 cm³/mol. The lowest BCUT2D eigenvalue weighted by Gasteiger charge is -2.31. The molecule has 0 bridgehead atoms. The topological polar surface area (TPSA) is 67.9 Å². The first kappa shape index (κ1) is 14.6. The Kier molecular flexibility index (Phi) is 4.11. The minimum absolute atomic E-state index is 0.0146. The van der Waals surface area contributed by atoms with Crippen molar-refractivity contribution in [1.29, 1.82) is 0 Å². The Labute approximate surface area is 128 Å². The van der Waals surface area contributed by atoms with Crippen LogP contribution in [0.3, 0.4) is 0 Å². The highest BCUT2D eigenvalue weighted by Gasteiger charge is 2.43. The lowest BCUT2D eigenvalue weighted by Crippen LogP contribution is -2.50. The van der Waals surface area contributed by atoms with E-state index >= 15 is 0 Å². The Bertz CT molecular complexity index is 587. The van der Waals surface area contributed by atoms with E-state index in [0.717, 1.165) is 0 Å². The fourth-order valence-electron chi connectivity index (χ4n) is 2.57. The number of rotatable bonds is 3. The second-order valence-corrected chi connectivity index (χ2v) is 5.42. The summed E-state index contributed by atoms with van der Waals surface area (Å²) in [5.41, 5.74) is 0.485. The van der Waals surface area contributed by atoms with E-state index in [1.165, 1.54) is 4.90 Å². The summed E-state index contributed by atoms with van der Waals surface area (Å²) in [7, 11) is 0. The molecule has 22 heavy (non-hydrogen) atoms. The van der Waals surface area contributed by atoms with E-state index in [-0.39, 0.29) is 11.9 Å². The van der Waals surface area contributed by atoms with E-state index in [1.54, 1.807) is 30.5 Å². The molecule has 6 heteroatoms. The zero-order valence-electron chi connectivity index (χ0n) is 12.3. The number of esters is 1. The van der Waals surface area contributed by atoms with Gasteiger partial charge in [0.25, 0.3) is 0 Å². The largest absolute Gasteiger partial charge is 0.454 e. The molecule has 0 aliphatic carbocycles. The second-order valence-electron chi connectivity index (χ2n) is 5.42. The van der Waals surface area contributed by atoms with E-state index in [0.29, 0.717) is 18.7 Å². The maximum atomic E-state index is 12.2. The van der Waals surface area contributed by atoms with Gasteiger partial charge in [-0.25, -0.2) is 9.59 Å². The lowest BCUT2D eigenvalue weighted by molar-refractivity contribution is -0.0466. The summed E-state index contributed by atoms with van der Waals surface area (Å²) in [6.07, 6.45) is 2.40. The van der Waals surface area contributed by atoms with Crippen LogP contribution >= 0.6 is 0 Å². The van der Waals surface area contributed by atoms with Gasteiger partial charge in [-0.15, -0.1) is 0 Å². The molecule has 0 aromatic heterocycles. The van der Waals surface area contributed by atoms with Gasteiger partial charge in [-0.05, 0) is 18.2 Å². The van der Waals surface area contributed by atoms with Gasteiger partial charge >= 0.3 is 12.0 Å². The Morgan fingerprint density at radius 3 is 2.86 bits per heavy atom. The van der Waals surface area contributed by atoms with Crippen molar-refractivity contribution < 1.29 is 19.1 Å². The molecule has 2 aliphatic rings. The first-order valence-corrected chi connectivity index (χ1v) is 7.27. The molecule has 6 nitrogen and oxygen atoms in total. The summed E-state index contributed by atoms with van der Waals surface area (Å²) >= 11 is 0. The molecule has 1 N–H and O–H groups in total. The quantitative estimate of drug-likeness (QED) is 0.864. The average molecular weight is 302 g/mol. The van der Waals surface area contributed by atoms with Crippen LogP contribution in [-0.4, -0.2) is 42.4 Å².